The van der Waals surface area contributed by atoms with Crippen LogP contribution < -0.4 is 11.1 Å². The fourth-order valence-corrected chi connectivity index (χ4v) is 6.64. The Kier molecular flexibility index (Phi) is 6.32. The number of carbonyl (C=O) groups excluding carboxylic acids is 2. The van der Waals surface area contributed by atoms with Gasteiger partial charge >= 0.3 is 5.97 Å². The summed E-state index contributed by atoms with van der Waals surface area (Å²) in [5.41, 5.74) is 7.28. The van der Waals surface area contributed by atoms with Crippen molar-refractivity contribution in [1.29, 1.82) is 0 Å². The molecule has 4 rings (SSSR count). The van der Waals surface area contributed by atoms with E-state index in [0.717, 1.165) is 9.35 Å². The van der Waals surface area contributed by atoms with Crippen molar-refractivity contribution in [2.75, 3.05) is 11.5 Å². The second-order valence-electron chi connectivity index (χ2n) is 6.92. The second kappa shape index (κ2) is 8.99. The minimum Gasteiger partial charge on any atom is -0.477 e. The van der Waals surface area contributed by atoms with Crippen molar-refractivity contribution < 1.29 is 19.5 Å². The van der Waals surface area contributed by atoms with Crippen LogP contribution in [0.5, 0.6) is 0 Å². The van der Waals surface area contributed by atoms with E-state index < -0.39 is 35.2 Å². The fraction of sp³-hybridized carbons (Fsp3) is 0.316. The van der Waals surface area contributed by atoms with E-state index in [1.807, 2.05) is 13.0 Å². The van der Waals surface area contributed by atoms with Crippen LogP contribution in [-0.2, 0) is 14.4 Å². The van der Waals surface area contributed by atoms with Crippen molar-refractivity contribution in [1.82, 2.24) is 20.4 Å². The van der Waals surface area contributed by atoms with E-state index in [9.17, 15) is 19.5 Å². The summed E-state index contributed by atoms with van der Waals surface area (Å²) in [5.74, 6) is -1.24. The predicted molar refractivity (Wildman–Crippen MR) is 118 cm³/mol. The van der Waals surface area contributed by atoms with E-state index in [-0.39, 0.29) is 5.70 Å². The summed E-state index contributed by atoms with van der Waals surface area (Å²) in [6, 6.07) is 7.15. The molecule has 0 unspecified atom stereocenters. The largest absolute Gasteiger partial charge is 0.477 e. The molecule has 162 valence electrons. The smallest absolute Gasteiger partial charge is 0.352 e. The van der Waals surface area contributed by atoms with Gasteiger partial charge in [0, 0.05) is 11.5 Å². The number of thioether (sulfide) groups is 2. The molecule has 2 aliphatic rings. The molecular weight excluding hydrogens is 458 g/mol. The molecule has 1 aromatic heterocycles. The Labute approximate surface area is 190 Å². The van der Waals surface area contributed by atoms with Gasteiger partial charge < -0.3 is 16.2 Å². The number of carboxylic acid groups (broad SMARTS) is 1. The molecule has 31 heavy (non-hydrogen) atoms. The first-order valence-corrected chi connectivity index (χ1v) is 12.2. The van der Waals surface area contributed by atoms with Gasteiger partial charge in [0.2, 0.25) is 5.91 Å². The van der Waals surface area contributed by atoms with Crippen LogP contribution in [0.1, 0.15) is 16.6 Å². The maximum atomic E-state index is 12.8. The summed E-state index contributed by atoms with van der Waals surface area (Å²) in [4.78, 5) is 38.5. The van der Waals surface area contributed by atoms with Crippen molar-refractivity contribution in [2.24, 2.45) is 5.73 Å². The number of nitrogens with two attached hydrogens (primary N) is 1. The van der Waals surface area contributed by atoms with Crippen LogP contribution in [0.3, 0.4) is 0 Å². The lowest BCUT2D eigenvalue weighted by Gasteiger charge is -2.49. The van der Waals surface area contributed by atoms with Crippen molar-refractivity contribution in [3.05, 3.63) is 52.2 Å². The Hall–Kier alpha value is -2.41. The molecule has 1 fully saturated rings. The number of hydrogen-bond acceptors (Lipinski definition) is 9. The molecule has 2 aliphatic heterocycles. The molecule has 4 N–H and O–H groups in total. The molecule has 1 aromatic carbocycles. The Morgan fingerprint density at radius 2 is 2.10 bits per heavy atom. The highest BCUT2D eigenvalue weighted by Gasteiger charge is 2.54. The lowest BCUT2D eigenvalue weighted by Crippen LogP contribution is -2.71. The SMILES string of the molecule is Cc1nnc(SCC2=C(C(=O)O)N3C(=O)[C@@H](NC(=O)[C@H](N)c4ccccc4)[C@H]3SC2)s1. The van der Waals surface area contributed by atoms with Gasteiger partial charge in [-0.25, -0.2) is 4.79 Å². The quantitative estimate of drug-likeness (QED) is 0.399. The summed E-state index contributed by atoms with van der Waals surface area (Å²) in [6.45, 7) is 1.85. The molecule has 0 spiro atoms. The van der Waals surface area contributed by atoms with Crippen LogP contribution >= 0.6 is 34.9 Å². The van der Waals surface area contributed by atoms with E-state index in [2.05, 4.69) is 15.5 Å². The monoisotopic (exact) mass is 477 g/mol. The number of nitrogens with zero attached hydrogens (tertiary/aromatic N) is 3. The summed E-state index contributed by atoms with van der Waals surface area (Å²) < 4.78 is 0.747. The highest BCUT2D eigenvalue weighted by atomic mass is 32.2. The van der Waals surface area contributed by atoms with Gasteiger partial charge in [-0.1, -0.05) is 53.4 Å². The van der Waals surface area contributed by atoms with E-state index in [4.69, 9.17) is 5.73 Å². The zero-order chi connectivity index (χ0) is 22.1. The van der Waals surface area contributed by atoms with Gasteiger partial charge in [0.15, 0.2) is 4.34 Å². The number of carbonyl (C=O) groups is 3. The van der Waals surface area contributed by atoms with Crippen LogP contribution in [0.2, 0.25) is 0 Å². The van der Waals surface area contributed by atoms with Gasteiger partial charge in [0.05, 0.1) is 0 Å². The van der Waals surface area contributed by atoms with Crippen LogP contribution in [0.4, 0.5) is 0 Å². The van der Waals surface area contributed by atoms with Gasteiger partial charge in [-0.3, -0.25) is 14.5 Å². The van der Waals surface area contributed by atoms with Gasteiger partial charge in [-0.15, -0.1) is 22.0 Å². The van der Waals surface area contributed by atoms with Gasteiger partial charge in [-0.2, -0.15) is 0 Å². The normalized spacial score (nSPS) is 21.4. The molecule has 3 heterocycles. The molecule has 2 aromatic rings. The lowest BCUT2D eigenvalue weighted by molar-refractivity contribution is -0.150. The minimum atomic E-state index is -1.16. The standard InChI is InChI=1S/C19H19N5O4S3/c1-9-22-23-19(31-9)30-8-11-7-29-17-13(16(26)24(17)14(11)18(27)28)21-15(25)12(20)10-5-3-2-4-6-10/h2-6,12-13,17H,7-8,20H2,1H3,(H,21,25)(H,27,28)/t12-,13-,17-/m1/s1. The number of rotatable bonds is 7. The molecule has 0 bridgehead atoms. The van der Waals surface area contributed by atoms with Crippen molar-refractivity contribution >= 4 is 52.6 Å². The highest BCUT2D eigenvalue weighted by Crippen LogP contribution is 2.41. The van der Waals surface area contributed by atoms with Crippen molar-refractivity contribution in [3.63, 3.8) is 0 Å². The maximum Gasteiger partial charge on any atom is 0.352 e. The lowest BCUT2D eigenvalue weighted by atomic mass is 10.0. The number of fused-ring (bicyclic) bond motifs is 1. The number of carboxylic acids is 1. The predicted octanol–water partition coefficient (Wildman–Crippen LogP) is 1.38. The number of aromatic nitrogens is 2. The Morgan fingerprint density at radius 3 is 2.74 bits per heavy atom. The second-order valence-corrected chi connectivity index (χ2v) is 10.4. The van der Waals surface area contributed by atoms with Gasteiger partial charge in [0.1, 0.15) is 28.2 Å². The topological polar surface area (TPSA) is 139 Å². The van der Waals surface area contributed by atoms with E-state index in [1.54, 1.807) is 24.3 Å². The first-order valence-electron chi connectivity index (χ1n) is 9.30. The molecular formula is C19H19N5O4S3. The average molecular weight is 478 g/mol. The highest BCUT2D eigenvalue weighted by molar-refractivity contribution is 8.01. The molecule has 12 heteroatoms. The van der Waals surface area contributed by atoms with Crippen molar-refractivity contribution in [2.45, 2.75) is 28.7 Å². The molecule has 9 nitrogen and oxygen atoms in total. The average Bonchev–Trinajstić information content (AvgIpc) is 3.20. The van der Waals surface area contributed by atoms with Crippen LogP contribution in [0.25, 0.3) is 0 Å². The number of aliphatic carboxylic acids is 1. The number of amides is 2. The first kappa shape index (κ1) is 21.8. The Balaban J connectivity index is 1.45. The first-order chi connectivity index (χ1) is 14.9. The summed E-state index contributed by atoms with van der Waals surface area (Å²) >= 11 is 4.26. The maximum absolute atomic E-state index is 12.8. The third-order valence-corrected chi connectivity index (χ3v) is 8.26. The molecule has 1 saturated heterocycles. The van der Waals surface area contributed by atoms with Crippen LogP contribution in [0, 0.1) is 6.92 Å². The van der Waals surface area contributed by atoms with E-state index >= 15 is 0 Å². The van der Waals surface area contributed by atoms with Crippen molar-refractivity contribution in [3.8, 4) is 0 Å². The Bertz CT molecular complexity index is 1060. The molecule has 2 amide bonds. The third-order valence-electron chi connectivity index (χ3n) is 4.87. The zero-order valence-corrected chi connectivity index (χ0v) is 18.8. The third kappa shape index (κ3) is 4.33. The van der Waals surface area contributed by atoms with Gasteiger partial charge in [-0.05, 0) is 18.1 Å². The number of β-lactam (4-membered cyclic amide) rings is 1. The number of benzene rings is 1. The molecule has 0 radical (unpaired) electrons. The number of aryl methyl sites for hydroxylation is 1. The molecule has 3 atom stereocenters. The molecule has 0 aliphatic carbocycles. The Morgan fingerprint density at radius 1 is 1.35 bits per heavy atom. The van der Waals surface area contributed by atoms with E-state index in [0.29, 0.717) is 22.6 Å². The molecule has 0 saturated carbocycles. The summed E-state index contributed by atoms with van der Waals surface area (Å²) in [5, 5.41) is 20.8. The van der Waals surface area contributed by atoms with Gasteiger partial charge in [0.25, 0.3) is 5.91 Å². The minimum absolute atomic E-state index is 0.0136. The van der Waals surface area contributed by atoms with Crippen LogP contribution in [-0.4, -0.2) is 60.9 Å². The fourth-order valence-electron chi connectivity index (χ4n) is 3.33. The van der Waals surface area contributed by atoms with Crippen LogP contribution in [0.15, 0.2) is 45.9 Å². The number of hydrogen-bond donors (Lipinski definition) is 3. The summed E-state index contributed by atoms with van der Waals surface area (Å²) in [7, 11) is 0. The van der Waals surface area contributed by atoms with E-state index in [1.165, 1.54) is 39.8 Å². The number of nitrogens with one attached hydrogen (secondary N) is 1. The summed E-state index contributed by atoms with van der Waals surface area (Å²) in [6.07, 6.45) is 0. The zero-order valence-electron chi connectivity index (χ0n) is 16.3.